The Morgan fingerprint density at radius 3 is 1.22 bits per heavy atom. The van der Waals surface area contributed by atoms with Crippen LogP contribution in [0, 0.1) is 105 Å². The summed E-state index contributed by atoms with van der Waals surface area (Å²) in [5, 5.41) is 36.1. The van der Waals surface area contributed by atoms with Gasteiger partial charge in [0.25, 0.3) is 0 Å². The lowest BCUT2D eigenvalue weighted by molar-refractivity contribution is 0.454. The number of nitriles is 4. The van der Waals surface area contributed by atoms with Crippen LogP contribution in [0.2, 0.25) is 0 Å². The van der Waals surface area contributed by atoms with Crippen molar-refractivity contribution < 1.29 is 35.1 Å². The van der Waals surface area contributed by atoms with Gasteiger partial charge < -0.3 is 0 Å². The van der Waals surface area contributed by atoms with Gasteiger partial charge in [0.1, 0.15) is 54.1 Å². The summed E-state index contributed by atoms with van der Waals surface area (Å²) in [5.41, 5.74) is -9.44. The molecule has 0 bridgehead atoms. The molecule has 0 atom stereocenters. The molecule has 5 rings (SSSR count). The van der Waals surface area contributed by atoms with Gasteiger partial charge >= 0.3 is 5.82 Å². The van der Waals surface area contributed by atoms with Crippen molar-refractivity contribution in [2.24, 2.45) is 0 Å². The number of benzene rings is 3. The van der Waals surface area contributed by atoms with Gasteiger partial charge in [0.15, 0.2) is 46.5 Å². The molecule has 0 aliphatic heterocycles. The van der Waals surface area contributed by atoms with E-state index >= 15 is 17.6 Å². The fraction of sp³-hybridized carbons (Fsp3) is 0.0625. The summed E-state index contributed by atoms with van der Waals surface area (Å²) in [6.07, 6.45) is 0.602. The Kier molecular flexibility index (Phi) is 7.39. The monoisotopic (exact) mass is 626 g/mol. The molecule has 0 unspecified atom stereocenters. The number of hydrogen-bond donors (Lipinski definition) is 0. The Bertz CT molecular complexity index is 2210. The van der Waals surface area contributed by atoms with Gasteiger partial charge in [-0.15, -0.1) is 0 Å². The van der Waals surface area contributed by atoms with Crippen molar-refractivity contribution in [3.8, 4) is 46.5 Å². The molecule has 0 saturated heterocycles. The Morgan fingerprint density at radius 1 is 0.543 bits per heavy atom. The van der Waals surface area contributed by atoms with Crippen LogP contribution in [0.15, 0.2) is 22.5 Å². The molecule has 0 N–H and O–H groups in total. The largest absolute Gasteiger partial charge is 0.522 e. The van der Waals surface area contributed by atoms with Crippen molar-refractivity contribution >= 4 is 12.2 Å². The summed E-state index contributed by atoms with van der Waals surface area (Å²) in [7, 11) is 0. The molecule has 3 aromatic carbocycles. The molecular formula is C32H6F8N6. The average molecular weight is 626 g/mol. The molecular weight excluding hydrogens is 620 g/mol. The van der Waals surface area contributed by atoms with E-state index in [1.54, 1.807) is 12.1 Å². The zero-order valence-electron chi connectivity index (χ0n) is 22.3. The fourth-order valence-corrected chi connectivity index (χ4v) is 5.52. The Morgan fingerprint density at radius 2 is 0.891 bits per heavy atom. The van der Waals surface area contributed by atoms with E-state index in [9.17, 15) is 28.1 Å². The smallest absolute Gasteiger partial charge is 0.203 e. The zero-order valence-corrected chi connectivity index (χ0v) is 22.3. The number of hydrogen-bond acceptors (Lipinski definition) is 4. The van der Waals surface area contributed by atoms with Crippen LogP contribution in [0.5, 0.6) is 0 Å². The molecule has 3 aromatic rings. The van der Waals surface area contributed by atoms with E-state index in [1.807, 2.05) is 0 Å². The Balaban J connectivity index is 2.15. The van der Waals surface area contributed by atoms with E-state index in [0.717, 1.165) is 24.3 Å². The Hall–Kier alpha value is -6.74. The first-order chi connectivity index (χ1) is 21.9. The standard InChI is InChI=1S/C32H6F8N6/c1-45-32(46-2)12-5-16-17(6-12)21(23-30(39)26(35)19(10-44)27(36)31(23)40)15-4-11(13(7-41)8-42)3-14(15)20(16)22-28(37)24(33)18(9-43)25(34)29(22)38/h3,6H,4-5H2. The van der Waals surface area contributed by atoms with Crippen molar-refractivity contribution in [1.82, 2.24) is 0 Å². The van der Waals surface area contributed by atoms with Crippen molar-refractivity contribution in [1.29, 1.82) is 21.0 Å². The molecule has 0 spiro atoms. The molecule has 0 amide bonds. The topological polar surface area (TPSA) is 104 Å². The second kappa shape index (κ2) is 11.1. The van der Waals surface area contributed by atoms with Crippen molar-refractivity contribution in [3.63, 3.8) is 0 Å². The summed E-state index contributed by atoms with van der Waals surface area (Å²) < 4.78 is 122. The van der Waals surface area contributed by atoms with Crippen molar-refractivity contribution in [2.75, 3.05) is 0 Å². The highest BCUT2D eigenvalue weighted by Gasteiger charge is 2.37. The van der Waals surface area contributed by atoms with E-state index < -0.39 is 126 Å². The minimum Gasteiger partial charge on any atom is -0.203 e. The van der Waals surface area contributed by atoms with E-state index in [1.165, 1.54) is 0 Å². The van der Waals surface area contributed by atoms with Gasteiger partial charge in [0.2, 0.25) is 0 Å². The number of nitrogens with zero attached hydrogens (tertiary/aromatic N) is 6. The van der Waals surface area contributed by atoms with Crippen LogP contribution in [0.4, 0.5) is 35.1 Å². The maximum atomic E-state index is 15.6. The zero-order chi connectivity index (χ0) is 33.8. The van der Waals surface area contributed by atoms with Crippen LogP contribution in [-0.4, -0.2) is 0 Å². The lowest BCUT2D eigenvalue weighted by atomic mass is 9.85. The van der Waals surface area contributed by atoms with Crippen LogP contribution < -0.4 is 10.4 Å². The van der Waals surface area contributed by atoms with Gasteiger partial charge in [-0.2, -0.15) is 30.7 Å². The summed E-state index contributed by atoms with van der Waals surface area (Å²) in [5.74, 6) is -17.4. The van der Waals surface area contributed by atoms with E-state index in [-0.39, 0.29) is 11.1 Å². The van der Waals surface area contributed by atoms with Crippen LogP contribution >= 0.6 is 0 Å². The molecule has 0 fully saturated rings. The lowest BCUT2D eigenvalue weighted by Crippen LogP contribution is -2.25. The number of allylic oxidation sites excluding steroid dienone is 3. The third-order valence-electron chi connectivity index (χ3n) is 7.46. The third-order valence-corrected chi connectivity index (χ3v) is 7.46. The minimum absolute atomic E-state index is 0.220. The molecule has 2 aliphatic rings. The first-order valence-electron chi connectivity index (χ1n) is 12.4. The molecule has 0 heterocycles. The molecule has 0 saturated carbocycles. The average Bonchev–Trinajstić information content (AvgIpc) is 3.67. The van der Waals surface area contributed by atoms with E-state index in [0.29, 0.717) is 0 Å². The highest BCUT2D eigenvalue weighted by Crippen LogP contribution is 2.40. The number of rotatable bonds is 2. The van der Waals surface area contributed by atoms with Crippen LogP contribution in [0.25, 0.3) is 44.1 Å². The molecule has 0 radical (unpaired) electrons. The van der Waals surface area contributed by atoms with Crippen LogP contribution in [-0.2, 0) is 12.8 Å². The third kappa shape index (κ3) is 4.10. The van der Waals surface area contributed by atoms with Crippen LogP contribution in [0.1, 0.15) is 22.3 Å². The van der Waals surface area contributed by atoms with Crippen molar-refractivity contribution in [3.05, 3.63) is 125 Å². The quantitative estimate of drug-likeness (QED) is 0.152. The summed E-state index contributed by atoms with van der Waals surface area (Å²) in [6.45, 7) is 14.6. The number of fused-ring (bicyclic) bond motifs is 2. The Labute approximate surface area is 252 Å². The first kappa shape index (κ1) is 30.7. The molecule has 2 aliphatic carbocycles. The van der Waals surface area contributed by atoms with E-state index in [2.05, 4.69) is 9.69 Å². The second-order valence-corrected chi connectivity index (χ2v) is 9.61. The predicted molar refractivity (Wildman–Crippen MR) is 140 cm³/mol. The molecule has 6 nitrogen and oxygen atoms in total. The number of halogens is 8. The lowest BCUT2D eigenvalue weighted by Gasteiger charge is -2.19. The van der Waals surface area contributed by atoms with Gasteiger partial charge in [-0.05, 0) is 50.8 Å². The van der Waals surface area contributed by atoms with Gasteiger partial charge in [-0.3, -0.25) is 0 Å². The van der Waals surface area contributed by atoms with Crippen molar-refractivity contribution in [2.45, 2.75) is 12.8 Å². The first-order valence-corrected chi connectivity index (χ1v) is 12.4. The molecule has 14 heteroatoms. The maximum absolute atomic E-state index is 15.6. The SMILES string of the molecule is [C-]#[N+]C([N+]#[C-])=C1C=c2c(c(-c3c(F)c(F)c(C#N)c(F)c3F)c3c(c2-c2c(F)c(F)c(C#N)c(F)c2F)CC(=C(C#N)C#N)C=3)C1. The summed E-state index contributed by atoms with van der Waals surface area (Å²) in [4.78, 5) is 6.07. The molecule has 220 valence electrons. The maximum Gasteiger partial charge on any atom is 0.522 e. The van der Waals surface area contributed by atoms with Gasteiger partial charge in [-0.25, -0.2) is 35.1 Å². The predicted octanol–water partition coefficient (Wildman–Crippen LogP) is 5.94. The highest BCUT2D eigenvalue weighted by atomic mass is 19.2. The van der Waals surface area contributed by atoms with Gasteiger partial charge in [0, 0.05) is 6.42 Å². The molecule has 0 aromatic heterocycles. The highest BCUT2D eigenvalue weighted by molar-refractivity contribution is 5.88. The summed E-state index contributed by atoms with van der Waals surface area (Å²) in [6, 6.07) is 5.08. The second-order valence-electron chi connectivity index (χ2n) is 9.61. The summed E-state index contributed by atoms with van der Waals surface area (Å²) >= 11 is 0. The fourth-order valence-electron chi connectivity index (χ4n) is 5.52. The van der Waals surface area contributed by atoms with Crippen LogP contribution in [0.3, 0.4) is 0 Å². The van der Waals surface area contributed by atoms with Gasteiger partial charge in [0.05, 0.1) is 16.7 Å². The molecule has 46 heavy (non-hydrogen) atoms. The normalized spacial score (nSPS) is 12.3. The van der Waals surface area contributed by atoms with E-state index in [4.69, 9.17) is 23.7 Å². The van der Waals surface area contributed by atoms with Gasteiger partial charge in [-0.1, -0.05) is 6.08 Å². The minimum atomic E-state index is -2.11.